The maximum absolute atomic E-state index is 12.2. The van der Waals surface area contributed by atoms with Crippen LogP contribution in [0.2, 0.25) is 5.02 Å². The summed E-state index contributed by atoms with van der Waals surface area (Å²) in [6, 6.07) is 9.22. The van der Waals surface area contributed by atoms with Crippen LogP contribution in [0.1, 0.15) is 42.6 Å². The van der Waals surface area contributed by atoms with Gasteiger partial charge in [-0.3, -0.25) is 4.79 Å². The molecule has 0 radical (unpaired) electrons. The highest BCUT2D eigenvalue weighted by Crippen LogP contribution is 2.13. The molecule has 5 nitrogen and oxygen atoms in total. The Kier molecular flexibility index (Phi) is 5.21. The average molecular weight is 333 g/mol. The van der Waals surface area contributed by atoms with E-state index in [4.69, 9.17) is 11.6 Å². The van der Waals surface area contributed by atoms with Crippen molar-refractivity contribution in [2.24, 2.45) is 0 Å². The fourth-order valence-corrected chi connectivity index (χ4v) is 2.10. The minimum absolute atomic E-state index is 0.211. The van der Waals surface area contributed by atoms with Crippen molar-refractivity contribution in [2.45, 2.75) is 39.8 Å². The van der Waals surface area contributed by atoms with Crippen molar-refractivity contribution >= 4 is 23.3 Å². The van der Waals surface area contributed by atoms with Gasteiger partial charge in [0.05, 0.1) is 0 Å². The fraction of sp³-hybridized carbons (Fsp3) is 0.353. The molecule has 6 heteroatoms. The fourth-order valence-electron chi connectivity index (χ4n) is 1.97. The number of anilines is 1. The monoisotopic (exact) mass is 332 g/mol. The second-order valence-electron chi connectivity index (χ2n) is 6.37. The van der Waals surface area contributed by atoms with E-state index in [1.807, 2.05) is 45.0 Å². The molecule has 0 atom stereocenters. The Balaban J connectivity index is 2.10. The number of hydrogen-bond acceptors (Lipinski definition) is 4. The lowest BCUT2D eigenvalue weighted by Crippen LogP contribution is -2.41. The van der Waals surface area contributed by atoms with Crippen molar-refractivity contribution in [1.82, 2.24) is 15.3 Å². The molecule has 1 amide bonds. The van der Waals surface area contributed by atoms with Crippen LogP contribution in [0.5, 0.6) is 0 Å². The van der Waals surface area contributed by atoms with Crippen LogP contribution in [0.3, 0.4) is 0 Å². The summed E-state index contributed by atoms with van der Waals surface area (Å²) in [5, 5.41) is 6.81. The molecular formula is C17H21ClN4O. The number of benzene rings is 1. The van der Waals surface area contributed by atoms with Crippen molar-refractivity contribution in [3.8, 4) is 0 Å². The van der Waals surface area contributed by atoms with Gasteiger partial charge >= 0.3 is 0 Å². The van der Waals surface area contributed by atoms with Gasteiger partial charge in [-0.05, 0) is 45.4 Å². The Morgan fingerprint density at radius 1 is 1.17 bits per heavy atom. The highest BCUT2D eigenvalue weighted by Gasteiger charge is 2.17. The van der Waals surface area contributed by atoms with Crippen molar-refractivity contribution in [3.05, 3.63) is 52.4 Å². The lowest BCUT2D eigenvalue weighted by molar-refractivity contribution is 0.0914. The Hall–Kier alpha value is -2.14. The van der Waals surface area contributed by atoms with Crippen LogP contribution in [0.15, 0.2) is 30.3 Å². The molecule has 0 unspecified atom stereocenters. The van der Waals surface area contributed by atoms with E-state index in [0.717, 1.165) is 5.56 Å². The molecule has 0 fully saturated rings. The summed E-state index contributed by atoms with van der Waals surface area (Å²) in [6.45, 7) is 8.14. The van der Waals surface area contributed by atoms with E-state index >= 15 is 0 Å². The minimum Gasteiger partial charge on any atom is -0.366 e. The van der Waals surface area contributed by atoms with Crippen LogP contribution in [0.4, 0.5) is 5.82 Å². The molecule has 0 bridgehead atoms. The summed E-state index contributed by atoms with van der Waals surface area (Å²) in [5.74, 6) is 0.953. The predicted octanol–water partition coefficient (Wildman–Crippen LogP) is 3.58. The number of amides is 1. The number of nitrogens with zero attached hydrogens (tertiary/aromatic N) is 2. The zero-order valence-electron chi connectivity index (χ0n) is 13.8. The number of rotatable bonds is 4. The van der Waals surface area contributed by atoms with Crippen LogP contribution >= 0.6 is 11.6 Å². The number of hydrogen-bond donors (Lipinski definition) is 2. The second-order valence-corrected chi connectivity index (χ2v) is 6.81. The van der Waals surface area contributed by atoms with Gasteiger partial charge in [-0.2, -0.15) is 0 Å². The largest absolute Gasteiger partial charge is 0.366 e. The first-order valence-corrected chi connectivity index (χ1v) is 7.77. The normalized spacial score (nSPS) is 11.2. The molecule has 2 N–H and O–H groups in total. The molecule has 1 aromatic heterocycles. The topological polar surface area (TPSA) is 66.9 Å². The molecule has 0 spiro atoms. The third kappa shape index (κ3) is 5.53. The summed E-state index contributed by atoms with van der Waals surface area (Å²) < 4.78 is 0. The van der Waals surface area contributed by atoms with Gasteiger partial charge in [0.1, 0.15) is 17.3 Å². The number of nitrogens with one attached hydrogen (secondary N) is 2. The zero-order chi connectivity index (χ0) is 17.0. The lowest BCUT2D eigenvalue weighted by Gasteiger charge is -2.20. The molecule has 0 aliphatic carbocycles. The predicted molar refractivity (Wildman–Crippen MR) is 92.8 cm³/mol. The molecule has 2 rings (SSSR count). The van der Waals surface area contributed by atoms with E-state index in [0.29, 0.717) is 28.9 Å². The Bertz CT molecular complexity index is 693. The highest BCUT2D eigenvalue weighted by atomic mass is 35.5. The third-order valence-corrected chi connectivity index (χ3v) is 3.20. The molecule has 23 heavy (non-hydrogen) atoms. The summed E-state index contributed by atoms with van der Waals surface area (Å²) in [6.07, 6.45) is 0. The zero-order valence-corrected chi connectivity index (χ0v) is 14.5. The second kappa shape index (κ2) is 6.96. The van der Waals surface area contributed by atoms with Gasteiger partial charge in [-0.15, -0.1) is 0 Å². The van der Waals surface area contributed by atoms with Gasteiger partial charge in [0.2, 0.25) is 0 Å². The molecule has 0 aliphatic rings. The van der Waals surface area contributed by atoms with Gasteiger partial charge < -0.3 is 10.6 Å². The Morgan fingerprint density at radius 2 is 1.83 bits per heavy atom. The van der Waals surface area contributed by atoms with Gasteiger partial charge in [0, 0.05) is 23.2 Å². The maximum atomic E-state index is 12.2. The van der Waals surface area contributed by atoms with Gasteiger partial charge in [-0.25, -0.2) is 9.97 Å². The molecule has 122 valence electrons. The van der Waals surface area contributed by atoms with Crippen LogP contribution < -0.4 is 10.6 Å². The molecule has 1 aromatic carbocycles. The Labute approximate surface area is 141 Å². The molecule has 0 saturated heterocycles. The van der Waals surface area contributed by atoms with Crippen LogP contribution in [-0.2, 0) is 6.54 Å². The number of carbonyl (C=O) groups is 1. The van der Waals surface area contributed by atoms with Gasteiger partial charge in [0.25, 0.3) is 5.91 Å². The van der Waals surface area contributed by atoms with Crippen molar-refractivity contribution in [1.29, 1.82) is 0 Å². The highest BCUT2D eigenvalue weighted by molar-refractivity contribution is 6.30. The SMILES string of the molecule is Cc1nc(NCc2ccc(Cl)cc2)cc(C(=O)NC(C)(C)C)n1. The lowest BCUT2D eigenvalue weighted by atomic mass is 10.1. The Morgan fingerprint density at radius 3 is 2.43 bits per heavy atom. The standard InChI is InChI=1S/C17H21ClN4O/c1-11-20-14(16(23)22-17(2,3)4)9-15(21-11)19-10-12-5-7-13(18)8-6-12/h5-9H,10H2,1-4H3,(H,22,23)(H,19,20,21). The van der Waals surface area contributed by atoms with E-state index < -0.39 is 0 Å². The van der Waals surface area contributed by atoms with E-state index in [1.54, 1.807) is 13.0 Å². The first-order valence-electron chi connectivity index (χ1n) is 7.39. The summed E-state index contributed by atoms with van der Waals surface area (Å²) in [5.41, 5.74) is 1.12. The van der Waals surface area contributed by atoms with E-state index in [2.05, 4.69) is 20.6 Å². The van der Waals surface area contributed by atoms with Crippen molar-refractivity contribution < 1.29 is 4.79 Å². The summed E-state index contributed by atoms with van der Waals surface area (Å²) in [7, 11) is 0. The maximum Gasteiger partial charge on any atom is 0.270 e. The molecule has 0 saturated carbocycles. The molecule has 1 heterocycles. The van der Waals surface area contributed by atoms with Gasteiger partial charge in [-0.1, -0.05) is 23.7 Å². The number of aromatic nitrogens is 2. The summed E-state index contributed by atoms with van der Waals surface area (Å²) in [4.78, 5) is 20.8. The van der Waals surface area contributed by atoms with Crippen LogP contribution in [0.25, 0.3) is 0 Å². The van der Waals surface area contributed by atoms with Crippen LogP contribution in [-0.4, -0.2) is 21.4 Å². The average Bonchev–Trinajstić information content (AvgIpc) is 2.44. The number of aryl methyl sites for hydroxylation is 1. The molecule has 0 aliphatic heterocycles. The van der Waals surface area contributed by atoms with E-state index in [9.17, 15) is 4.79 Å². The molecule has 2 aromatic rings. The van der Waals surface area contributed by atoms with Crippen LogP contribution in [0, 0.1) is 6.92 Å². The van der Waals surface area contributed by atoms with Crippen molar-refractivity contribution in [2.75, 3.05) is 5.32 Å². The minimum atomic E-state index is -0.313. The smallest absolute Gasteiger partial charge is 0.270 e. The quantitative estimate of drug-likeness (QED) is 0.898. The van der Waals surface area contributed by atoms with Gasteiger partial charge in [0.15, 0.2) is 0 Å². The first kappa shape index (κ1) is 17.2. The molecular weight excluding hydrogens is 312 g/mol. The summed E-state index contributed by atoms with van der Waals surface area (Å²) >= 11 is 5.87. The number of halogens is 1. The number of carbonyl (C=O) groups excluding carboxylic acids is 1. The van der Waals surface area contributed by atoms with E-state index in [-0.39, 0.29) is 11.4 Å². The van der Waals surface area contributed by atoms with E-state index in [1.165, 1.54) is 0 Å². The first-order chi connectivity index (χ1) is 10.7. The third-order valence-electron chi connectivity index (χ3n) is 2.95. The van der Waals surface area contributed by atoms with Crippen molar-refractivity contribution in [3.63, 3.8) is 0 Å².